The topological polar surface area (TPSA) is 77.1 Å². The number of ether oxygens (including phenoxy) is 3. The first kappa shape index (κ1) is 26.4. The molecule has 2 amide bonds. The smallest absolute Gasteiger partial charge is 0.246 e. The maximum atomic E-state index is 12.5. The quantitative estimate of drug-likeness (QED) is 0.461. The molecule has 0 saturated carbocycles. The highest BCUT2D eigenvalue weighted by Crippen LogP contribution is 2.37. The monoisotopic (exact) mass is 494 g/mol. The molecule has 1 N–H and O–H groups in total. The zero-order chi connectivity index (χ0) is 24.5. The highest BCUT2D eigenvalue weighted by Gasteiger charge is 2.15. The van der Waals surface area contributed by atoms with Gasteiger partial charge in [0.15, 0.2) is 11.5 Å². The molecule has 0 aromatic heterocycles. The Morgan fingerprint density at radius 1 is 1.09 bits per heavy atom. The highest BCUT2D eigenvalue weighted by atomic mass is 35.5. The van der Waals surface area contributed by atoms with Crippen molar-refractivity contribution in [3.63, 3.8) is 0 Å². The predicted octanol–water partition coefficient (Wildman–Crippen LogP) is 5.16. The summed E-state index contributed by atoms with van der Waals surface area (Å²) in [7, 11) is 4.54. The summed E-state index contributed by atoms with van der Waals surface area (Å²) in [6.07, 6.45) is 2.95. The molecule has 33 heavy (non-hydrogen) atoms. The maximum Gasteiger partial charge on any atom is 0.246 e. The second kappa shape index (κ2) is 12.4. The molecule has 0 atom stereocenters. The lowest BCUT2D eigenvalue weighted by Crippen LogP contribution is -2.33. The average Bonchev–Trinajstić information content (AvgIpc) is 2.76. The standard InChI is InChI=1S/C24H28Cl2N2O5/c1-15(2)14-33-24-18(26)10-16(11-21(24)32-5)6-9-23(30)28(3)13-22(29)27-19-12-17(25)7-8-20(19)31-4/h6-12,15H,13-14H2,1-5H3,(H,27,29)/b9-6+. The first-order chi connectivity index (χ1) is 15.6. The van der Waals surface area contributed by atoms with E-state index in [0.29, 0.717) is 51.1 Å². The Morgan fingerprint density at radius 3 is 2.42 bits per heavy atom. The predicted molar refractivity (Wildman–Crippen MR) is 132 cm³/mol. The molecule has 0 unspecified atom stereocenters. The Balaban J connectivity index is 2.04. The summed E-state index contributed by atoms with van der Waals surface area (Å²) < 4.78 is 16.3. The number of rotatable bonds is 10. The second-order valence-corrected chi connectivity index (χ2v) is 8.50. The molecule has 7 nitrogen and oxygen atoms in total. The van der Waals surface area contributed by atoms with E-state index >= 15 is 0 Å². The van der Waals surface area contributed by atoms with Crippen LogP contribution >= 0.6 is 23.2 Å². The molecule has 0 aliphatic heterocycles. The number of nitrogens with zero attached hydrogens (tertiary/aromatic N) is 1. The summed E-state index contributed by atoms with van der Waals surface area (Å²) >= 11 is 12.3. The Bertz CT molecular complexity index is 1020. The van der Waals surface area contributed by atoms with Gasteiger partial charge >= 0.3 is 0 Å². The van der Waals surface area contributed by atoms with Gasteiger partial charge in [0.25, 0.3) is 0 Å². The van der Waals surface area contributed by atoms with Crippen LogP contribution in [0.15, 0.2) is 36.4 Å². The van der Waals surface area contributed by atoms with E-state index in [4.69, 9.17) is 37.4 Å². The van der Waals surface area contributed by atoms with Gasteiger partial charge in [-0.1, -0.05) is 37.0 Å². The Hall–Kier alpha value is -2.90. The molecule has 0 fully saturated rings. The minimum atomic E-state index is -0.392. The molecule has 2 rings (SSSR count). The molecule has 0 aliphatic carbocycles. The number of methoxy groups -OCH3 is 2. The van der Waals surface area contributed by atoms with Gasteiger partial charge in [0, 0.05) is 18.1 Å². The highest BCUT2D eigenvalue weighted by molar-refractivity contribution is 6.32. The lowest BCUT2D eigenvalue weighted by atomic mass is 10.1. The molecule has 0 aliphatic rings. The van der Waals surface area contributed by atoms with Crippen molar-refractivity contribution in [1.82, 2.24) is 4.90 Å². The van der Waals surface area contributed by atoms with Crippen molar-refractivity contribution < 1.29 is 23.8 Å². The zero-order valence-corrected chi connectivity index (χ0v) is 20.8. The molecule has 2 aromatic carbocycles. The number of nitrogens with one attached hydrogen (secondary N) is 1. The van der Waals surface area contributed by atoms with Gasteiger partial charge in [-0.05, 0) is 47.9 Å². The molecule has 0 heterocycles. The average molecular weight is 495 g/mol. The number of carbonyl (C=O) groups excluding carboxylic acids is 2. The lowest BCUT2D eigenvalue weighted by Gasteiger charge is -2.16. The number of likely N-dealkylation sites (N-methyl/N-ethyl adjacent to an activating group) is 1. The maximum absolute atomic E-state index is 12.5. The van der Waals surface area contributed by atoms with Crippen LogP contribution in [-0.4, -0.2) is 51.1 Å². The third kappa shape index (κ3) is 7.87. The van der Waals surface area contributed by atoms with Crippen LogP contribution in [0.3, 0.4) is 0 Å². The van der Waals surface area contributed by atoms with Crippen molar-refractivity contribution in [3.05, 3.63) is 52.0 Å². The third-order valence-electron chi connectivity index (χ3n) is 4.42. The van der Waals surface area contributed by atoms with Gasteiger partial charge in [-0.2, -0.15) is 0 Å². The van der Waals surface area contributed by atoms with Crippen LogP contribution < -0.4 is 19.5 Å². The van der Waals surface area contributed by atoms with Gasteiger partial charge in [0.1, 0.15) is 5.75 Å². The SMILES string of the molecule is COc1ccc(Cl)cc1NC(=O)CN(C)C(=O)/C=C/c1cc(Cl)c(OCC(C)C)c(OC)c1. The van der Waals surface area contributed by atoms with Crippen molar-refractivity contribution in [3.8, 4) is 17.2 Å². The molecule has 0 saturated heterocycles. The van der Waals surface area contributed by atoms with E-state index in [0.717, 1.165) is 0 Å². The van der Waals surface area contributed by atoms with Crippen molar-refractivity contribution in [2.45, 2.75) is 13.8 Å². The van der Waals surface area contributed by atoms with E-state index in [2.05, 4.69) is 5.32 Å². The molecular weight excluding hydrogens is 467 g/mol. The first-order valence-electron chi connectivity index (χ1n) is 10.2. The van der Waals surface area contributed by atoms with Gasteiger partial charge in [-0.15, -0.1) is 0 Å². The Morgan fingerprint density at radius 2 is 1.79 bits per heavy atom. The molecule has 9 heteroatoms. The van der Waals surface area contributed by atoms with E-state index < -0.39 is 5.91 Å². The van der Waals surface area contributed by atoms with Crippen LogP contribution in [0.4, 0.5) is 5.69 Å². The minimum absolute atomic E-state index is 0.162. The van der Waals surface area contributed by atoms with Crippen molar-refractivity contribution in [1.29, 1.82) is 0 Å². The lowest BCUT2D eigenvalue weighted by molar-refractivity contribution is -0.129. The summed E-state index contributed by atoms with van der Waals surface area (Å²) in [5.41, 5.74) is 1.08. The number of hydrogen-bond donors (Lipinski definition) is 1. The van der Waals surface area contributed by atoms with Crippen LogP contribution in [0.25, 0.3) is 6.08 Å². The summed E-state index contributed by atoms with van der Waals surface area (Å²) in [5, 5.41) is 3.53. The van der Waals surface area contributed by atoms with Crippen LogP contribution in [0.1, 0.15) is 19.4 Å². The molecular formula is C24H28Cl2N2O5. The van der Waals surface area contributed by atoms with Crippen molar-refractivity contribution >= 4 is 46.8 Å². The van der Waals surface area contributed by atoms with Crippen LogP contribution in [0.5, 0.6) is 17.2 Å². The Labute approximate surface area is 204 Å². The number of halogens is 2. The van der Waals surface area contributed by atoms with E-state index in [1.54, 1.807) is 36.4 Å². The van der Waals surface area contributed by atoms with E-state index in [1.807, 2.05) is 13.8 Å². The number of carbonyl (C=O) groups is 2. The van der Waals surface area contributed by atoms with Crippen molar-refractivity contribution in [2.75, 3.05) is 39.7 Å². The molecule has 0 radical (unpaired) electrons. The third-order valence-corrected chi connectivity index (χ3v) is 4.94. The first-order valence-corrected chi connectivity index (χ1v) is 11.0. The molecule has 0 spiro atoms. The van der Waals surface area contributed by atoms with Crippen LogP contribution in [-0.2, 0) is 9.59 Å². The minimum Gasteiger partial charge on any atom is -0.495 e. The van der Waals surface area contributed by atoms with Crippen LogP contribution in [0, 0.1) is 5.92 Å². The van der Waals surface area contributed by atoms with Gasteiger partial charge in [-0.3, -0.25) is 9.59 Å². The zero-order valence-electron chi connectivity index (χ0n) is 19.3. The summed E-state index contributed by atoms with van der Waals surface area (Å²) in [6, 6.07) is 8.28. The fourth-order valence-electron chi connectivity index (χ4n) is 2.78. The summed E-state index contributed by atoms with van der Waals surface area (Å²) in [6.45, 7) is 4.40. The fourth-order valence-corrected chi connectivity index (χ4v) is 3.23. The molecule has 178 valence electrons. The van der Waals surface area contributed by atoms with Crippen LogP contribution in [0.2, 0.25) is 10.0 Å². The van der Waals surface area contributed by atoms with E-state index in [9.17, 15) is 9.59 Å². The summed E-state index contributed by atoms with van der Waals surface area (Å²) in [5.74, 6) is 0.971. The number of hydrogen-bond acceptors (Lipinski definition) is 5. The Kier molecular flexibility index (Phi) is 9.88. The second-order valence-electron chi connectivity index (χ2n) is 7.66. The number of amides is 2. The fraction of sp³-hybridized carbons (Fsp3) is 0.333. The largest absolute Gasteiger partial charge is 0.495 e. The number of benzene rings is 2. The molecule has 2 aromatic rings. The normalized spacial score (nSPS) is 10.9. The van der Waals surface area contributed by atoms with Gasteiger partial charge in [0.2, 0.25) is 11.8 Å². The van der Waals surface area contributed by atoms with E-state index in [1.165, 1.54) is 32.2 Å². The van der Waals surface area contributed by atoms with E-state index in [-0.39, 0.29) is 12.5 Å². The van der Waals surface area contributed by atoms with Gasteiger partial charge in [0.05, 0.1) is 38.1 Å². The summed E-state index contributed by atoms with van der Waals surface area (Å²) in [4.78, 5) is 26.1. The van der Waals surface area contributed by atoms with Crippen molar-refractivity contribution in [2.24, 2.45) is 5.92 Å². The molecule has 0 bridgehead atoms. The van der Waals surface area contributed by atoms with Gasteiger partial charge < -0.3 is 24.4 Å². The van der Waals surface area contributed by atoms with Gasteiger partial charge in [-0.25, -0.2) is 0 Å². The number of anilines is 1.